The number of anilines is 1. The maximum Gasteiger partial charge on any atom is 0.266 e. The van der Waals surface area contributed by atoms with Gasteiger partial charge < -0.3 is 10.1 Å². The van der Waals surface area contributed by atoms with Crippen molar-refractivity contribution < 1.29 is 9.53 Å². The van der Waals surface area contributed by atoms with Crippen LogP contribution in [0.2, 0.25) is 5.02 Å². The van der Waals surface area contributed by atoms with Crippen LogP contribution in [0.1, 0.15) is 34.7 Å². The molecule has 162 valence electrons. The Kier molecular flexibility index (Phi) is 7.70. The van der Waals surface area contributed by atoms with Crippen LogP contribution in [0.4, 0.5) is 5.69 Å². The van der Waals surface area contributed by atoms with Gasteiger partial charge >= 0.3 is 0 Å². The number of amides is 1. The zero-order valence-corrected chi connectivity index (χ0v) is 19.2. The summed E-state index contributed by atoms with van der Waals surface area (Å²) < 4.78 is 5.39. The number of hydrogen-bond acceptors (Lipinski definition) is 3. The van der Waals surface area contributed by atoms with Gasteiger partial charge in [0.05, 0.1) is 6.61 Å². The molecule has 0 bridgehead atoms. The van der Waals surface area contributed by atoms with E-state index < -0.39 is 5.91 Å². The Labute approximate surface area is 194 Å². The fourth-order valence-corrected chi connectivity index (χ4v) is 3.76. The Hall–Kier alpha value is -3.55. The number of nitrogens with zero attached hydrogens (tertiary/aromatic N) is 1. The van der Waals surface area contributed by atoms with Gasteiger partial charge in [-0.15, -0.1) is 0 Å². The molecule has 0 aliphatic heterocycles. The van der Waals surface area contributed by atoms with Crippen molar-refractivity contribution in [3.8, 4) is 11.8 Å². The Morgan fingerprint density at radius 2 is 1.75 bits per heavy atom. The lowest BCUT2D eigenvalue weighted by Gasteiger charge is -2.09. The van der Waals surface area contributed by atoms with E-state index in [0.717, 1.165) is 11.3 Å². The Morgan fingerprint density at radius 3 is 2.34 bits per heavy atom. The molecule has 3 aromatic rings. The molecule has 3 rings (SSSR count). The summed E-state index contributed by atoms with van der Waals surface area (Å²) in [6.45, 7) is 6.63. The number of benzene rings is 3. The number of halogens is 1. The molecule has 32 heavy (non-hydrogen) atoms. The fourth-order valence-electron chi connectivity index (χ4n) is 3.50. The van der Waals surface area contributed by atoms with Crippen molar-refractivity contribution in [1.29, 1.82) is 5.26 Å². The minimum Gasteiger partial charge on any atom is -0.494 e. The Balaban J connectivity index is 1.74. The zero-order valence-electron chi connectivity index (χ0n) is 18.4. The summed E-state index contributed by atoms with van der Waals surface area (Å²) >= 11 is 6.51. The molecule has 1 N–H and O–H groups in total. The van der Waals surface area contributed by atoms with Crippen LogP contribution in [-0.4, -0.2) is 12.5 Å². The Bertz CT molecular complexity index is 1170. The highest BCUT2D eigenvalue weighted by molar-refractivity contribution is 6.31. The molecule has 0 unspecified atom stereocenters. The standard InChI is InChI=1S/C27H25ClN2O2/c1-4-32-25-9-7-24(8-10-25)30-27(31)23(17-29)14-20-5-6-22(26(28)16-20)15-21-12-18(2)11-19(3)13-21/h5-14,16H,4,15H2,1-3H3,(H,30,31)/b23-14+. The van der Waals surface area contributed by atoms with Crippen LogP contribution in [0, 0.1) is 25.2 Å². The molecule has 0 heterocycles. The number of nitrogens with one attached hydrogen (secondary N) is 1. The monoisotopic (exact) mass is 444 g/mol. The molecule has 0 saturated carbocycles. The third-order valence-electron chi connectivity index (χ3n) is 4.85. The van der Waals surface area contributed by atoms with Gasteiger partial charge in [0.25, 0.3) is 5.91 Å². The molecule has 5 heteroatoms. The molecule has 4 nitrogen and oxygen atoms in total. The SMILES string of the molecule is CCOc1ccc(NC(=O)/C(C#N)=C/c2ccc(Cc3cc(C)cc(C)c3)c(Cl)c2)cc1. The summed E-state index contributed by atoms with van der Waals surface area (Å²) in [7, 11) is 0. The van der Waals surface area contributed by atoms with Gasteiger partial charge in [-0.05, 0) is 80.3 Å². The second-order valence-corrected chi connectivity index (χ2v) is 8.01. The molecule has 0 fully saturated rings. The predicted molar refractivity (Wildman–Crippen MR) is 130 cm³/mol. The first-order chi connectivity index (χ1) is 15.4. The molecule has 0 aliphatic rings. The fraction of sp³-hybridized carbons (Fsp3) is 0.185. The number of carbonyl (C=O) groups excluding carboxylic acids is 1. The molecule has 0 aromatic heterocycles. The highest BCUT2D eigenvalue weighted by Gasteiger charge is 2.11. The van der Waals surface area contributed by atoms with Crippen molar-refractivity contribution >= 4 is 29.3 Å². The summed E-state index contributed by atoms with van der Waals surface area (Å²) in [6, 6.07) is 21.0. The van der Waals surface area contributed by atoms with Crippen molar-refractivity contribution in [2.75, 3.05) is 11.9 Å². The van der Waals surface area contributed by atoms with E-state index in [4.69, 9.17) is 16.3 Å². The molecule has 0 atom stereocenters. The third-order valence-corrected chi connectivity index (χ3v) is 5.20. The molecular formula is C27H25ClN2O2. The lowest BCUT2D eigenvalue weighted by Crippen LogP contribution is -2.13. The first-order valence-corrected chi connectivity index (χ1v) is 10.8. The molecule has 0 aliphatic carbocycles. The molecule has 0 radical (unpaired) electrons. The Morgan fingerprint density at radius 1 is 1.06 bits per heavy atom. The zero-order chi connectivity index (χ0) is 23.1. The van der Waals surface area contributed by atoms with Crippen LogP contribution in [0.15, 0.2) is 66.2 Å². The first-order valence-electron chi connectivity index (χ1n) is 10.4. The second kappa shape index (κ2) is 10.7. The quantitative estimate of drug-likeness (QED) is 0.334. The van der Waals surface area contributed by atoms with Gasteiger partial charge in [-0.3, -0.25) is 4.79 Å². The highest BCUT2D eigenvalue weighted by Crippen LogP contribution is 2.24. The van der Waals surface area contributed by atoms with E-state index in [9.17, 15) is 10.1 Å². The first kappa shape index (κ1) is 23.1. The van der Waals surface area contributed by atoms with Crippen molar-refractivity contribution in [3.63, 3.8) is 0 Å². The normalized spacial score (nSPS) is 11.0. The number of aryl methyl sites for hydroxylation is 2. The van der Waals surface area contributed by atoms with Gasteiger partial charge in [-0.1, -0.05) is 53.1 Å². The number of nitriles is 1. The van der Waals surface area contributed by atoms with Crippen LogP contribution in [-0.2, 0) is 11.2 Å². The lowest BCUT2D eigenvalue weighted by atomic mass is 9.99. The van der Waals surface area contributed by atoms with Crippen LogP contribution >= 0.6 is 11.6 Å². The molecule has 3 aromatic carbocycles. The summed E-state index contributed by atoms with van der Waals surface area (Å²) in [5.74, 6) is 0.240. The van der Waals surface area contributed by atoms with E-state index in [1.165, 1.54) is 22.8 Å². The maximum atomic E-state index is 12.5. The summed E-state index contributed by atoms with van der Waals surface area (Å²) in [5, 5.41) is 12.8. The summed E-state index contributed by atoms with van der Waals surface area (Å²) in [4.78, 5) is 12.5. The average Bonchev–Trinajstić information content (AvgIpc) is 2.74. The number of carbonyl (C=O) groups is 1. The largest absolute Gasteiger partial charge is 0.494 e. The number of hydrogen-bond donors (Lipinski definition) is 1. The maximum absolute atomic E-state index is 12.5. The van der Waals surface area contributed by atoms with Crippen LogP contribution in [0.25, 0.3) is 6.08 Å². The second-order valence-electron chi connectivity index (χ2n) is 7.60. The smallest absolute Gasteiger partial charge is 0.266 e. The summed E-state index contributed by atoms with van der Waals surface area (Å²) in [6.07, 6.45) is 2.26. The number of ether oxygens (including phenoxy) is 1. The van der Waals surface area contributed by atoms with Gasteiger partial charge in [-0.25, -0.2) is 0 Å². The average molecular weight is 445 g/mol. The van der Waals surface area contributed by atoms with E-state index in [2.05, 4.69) is 37.4 Å². The molecule has 0 spiro atoms. The van der Waals surface area contributed by atoms with Crippen LogP contribution < -0.4 is 10.1 Å². The summed E-state index contributed by atoms with van der Waals surface area (Å²) in [5.41, 5.74) is 5.89. The number of rotatable bonds is 7. The van der Waals surface area contributed by atoms with Crippen molar-refractivity contribution in [1.82, 2.24) is 0 Å². The van der Waals surface area contributed by atoms with E-state index in [0.29, 0.717) is 29.3 Å². The van der Waals surface area contributed by atoms with E-state index in [1.54, 1.807) is 30.3 Å². The van der Waals surface area contributed by atoms with Gasteiger partial charge in [0.2, 0.25) is 0 Å². The lowest BCUT2D eigenvalue weighted by molar-refractivity contribution is -0.112. The minimum absolute atomic E-state index is 0.00277. The molecule has 0 saturated heterocycles. The minimum atomic E-state index is -0.480. The van der Waals surface area contributed by atoms with E-state index in [-0.39, 0.29) is 5.57 Å². The van der Waals surface area contributed by atoms with Gasteiger partial charge in [0.15, 0.2) is 0 Å². The topological polar surface area (TPSA) is 62.1 Å². The van der Waals surface area contributed by atoms with Crippen molar-refractivity contribution in [2.24, 2.45) is 0 Å². The van der Waals surface area contributed by atoms with Gasteiger partial charge in [0, 0.05) is 10.7 Å². The van der Waals surface area contributed by atoms with Gasteiger partial charge in [-0.2, -0.15) is 5.26 Å². The molecular weight excluding hydrogens is 420 g/mol. The van der Waals surface area contributed by atoms with Crippen LogP contribution in [0.5, 0.6) is 5.75 Å². The van der Waals surface area contributed by atoms with E-state index in [1.807, 2.05) is 25.1 Å². The molecule has 1 amide bonds. The predicted octanol–water partition coefficient (Wildman–Crippen LogP) is 6.49. The van der Waals surface area contributed by atoms with Crippen molar-refractivity contribution in [3.05, 3.63) is 99.1 Å². The van der Waals surface area contributed by atoms with Crippen LogP contribution in [0.3, 0.4) is 0 Å². The van der Waals surface area contributed by atoms with E-state index >= 15 is 0 Å². The highest BCUT2D eigenvalue weighted by atomic mass is 35.5. The van der Waals surface area contributed by atoms with Gasteiger partial charge in [0.1, 0.15) is 17.4 Å². The van der Waals surface area contributed by atoms with Crippen molar-refractivity contribution in [2.45, 2.75) is 27.2 Å². The third kappa shape index (κ3) is 6.23.